The SMILES string of the molecule is Cc1cc(F)ccc1-n1nc(C2CC3(C2)CN(C(=O)c2ccc(F)cc2OC2CC2)C3)cc1C. The third-order valence-electron chi connectivity index (χ3n) is 7.40. The van der Waals surface area contributed by atoms with Crippen molar-refractivity contribution in [1.82, 2.24) is 14.7 Å². The van der Waals surface area contributed by atoms with Crippen molar-refractivity contribution < 1.29 is 18.3 Å². The van der Waals surface area contributed by atoms with E-state index in [1.807, 2.05) is 23.4 Å². The van der Waals surface area contributed by atoms with Gasteiger partial charge in [-0.05, 0) is 81.5 Å². The number of hydrogen-bond donors (Lipinski definition) is 0. The molecule has 176 valence electrons. The summed E-state index contributed by atoms with van der Waals surface area (Å²) in [7, 11) is 0. The second kappa shape index (κ2) is 7.65. The van der Waals surface area contributed by atoms with Crippen LogP contribution >= 0.6 is 0 Å². The Hall–Kier alpha value is -3.22. The van der Waals surface area contributed by atoms with Crippen molar-refractivity contribution in [3.05, 3.63) is 76.6 Å². The minimum Gasteiger partial charge on any atom is -0.489 e. The lowest BCUT2D eigenvalue weighted by Crippen LogP contribution is -2.63. The Morgan fingerprint density at radius 2 is 1.74 bits per heavy atom. The summed E-state index contributed by atoms with van der Waals surface area (Å²) < 4.78 is 34.9. The highest BCUT2D eigenvalue weighted by molar-refractivity contribution is 5.97. The van der Waals surface area contributed by atoms with E-state index >= 15 is 0 Å². The van der Waals surface area contributed by atoms with Gasteiger partial charge in [0.05, 0.1) is 23.0 Å². The summed E-state index contributed by atoms with van der Waals surface area (Å²) in [4.78, 5) is 14.9. The molecule has 0 unspecified atom stereocenters. The Bertz CT molecular complexity index is 1280. The summed E-state index contributed by atoms with van der Waals surface area (Å²) in [6, 6.07) is 11.0. The molecule has 0 N–H and O–H groups in total. The first kappa shape index (κ1) is 21.3. The molecule has 34 heavy (non-hydrogen) atoms. The molecule has 1 aliphatic heterocycles. The fourth-order valence-electron chi connectivity index (χ4n) is 5.46. The summed E-state index contributed by atoms with van der Waals surface area (Å²) in [6.45, 7) is 5.32. The number of hydrogen-bond acceptors (Lipinski definition) is 3. The zero-order valence-corrected chi connectivity index (χ0v) is 19.4. The average molecular weight is 464 g/mol. The number of benzene rings is 2. The molecule has 0 atom stereocenters. The van der Waals surface area contributed by atoms with Gasteiger partial charge in [-0.15, -0.1) is 0 Å². The third-order valence-corrected chi connectivity index (χ3v) is 7.40. The normalized spacial score (nSPS) is 19.1. The molecule has 2 aromatic carbocycles. The van der Waals surface area contributed by atoms with Gasteiger partial charge in [-0.3, -0.25) is 4.79 Å². The summed E-state index contributed by atoms with van der Waals surface area (Å²) in [6.07, 6.45) is 3.99. The quantitative estimate of drug-likeness (QED) is 0.514. The van der Waals surface area contributed by atoms with Crippen LogP contribution < -0.4 is 4.74 Å². The van der Waals surface area contributed by atoms with E-state index in [1.165, 1.54) is 30.3 Å². The molecule has 0 radical (unpaired) electrons. The van der Waals surface area contributed by atoms with Gasteiger partial charge in [-0.1, -0.05) is 0 Å². The molecule has 3 fully saturated rings. The summed E-state index contributed by atoms with van der Waals surface area (Å²) in [5, 5.41) is 4.83. The van der Waals surface area contributed by atoms with E-state index in [0.717, 1.165) is 48.3 Å². The van der Waals surface area contributed by atoms with Crippen molar-refractivity contribution in [2.45, 2.75) is 51.6 Å². The second-order valence-corrected chi connectivity index (χ2v) is 10.3. The van der Waals surface area contributed by atoms with Crippen LogP contribution in [0.15, 0.2) is 42.5 Å². The molecule has 2 heterocycles. The van der Waals surface area contributed by atoms with E-state index in [1.54, 1.807) is 6.07 Å². The summed E-state index contributed by atoms with van der Waals surface area (Å²) in [5.41, 5.74) is 4.40. The lowest BCUT2D eigenvalue weighted by atomic mass is 9.57. The first-order valence-corrected chi connectivity index (χ1v) is 11.9. The van der Waals surface area contributed by atoms with Crippen LogP contribution in [0.3, 0.4) is 0 Å². The maximum Gasteiger partial charge on any atom is 0.257 e. The van der Waals surface area contributed by atoms with Crippen LogP contribution in [0.5, 0.6) is 5.75 Å². The number of halogens is 2. The molecular formula is C27H27F2N3O2. The first-order chi connectivity index (χ1) is 16.3. The van der Waals surface area contributed by atoms with Crippen LogP contribution in [0, 0.1) is 30.9 Å². The van der Waals surface area contributed by atoms with Gasteiger partial charge in [0.25, 0.3) is 5.91 Å². The fourth-order valence-corrected chi connectivity index (χ4v) is 5.46. The molecular weight excluding hydrogens is 436 g/mol. The number of carbonyl (C=O) groups is 1. The Labute approximate surface area is 197 Å². The number of amides is 1. The molecule has 2 saturated carbocycles. The van der Waals surface area contributed by atoms with E-state index < -0.39 is 0 Å². The molecule has 7 heteroatoms. The van der Waals surface area contributed by atoms with E-state index in [-0.39, 0.29) is 29.1 Å². The standard InChI is InChI=1S/C27H27F2N3O2/c1-16-9-19(28)4-8-24(16)32-17(2)10-23(30-32)18-12-27(13-18)14-31(15-27)26(33)22-7-3-20(29)11-25(22)34-21-5-6-21/h3-4,7-11,18,21H,5-6,12-15H2,1-2H3. The zero-order chi connectivity index (χ0) is 23.6. The minimum absolute atomic E-state index is 0.0865. The van der Waals surface area contributed by atoms with E-state index in [9.17, 15) is 13.6 Å². The minimum atomic E-state index is -0.389. The van der Waals surface area contributed by atoms with Gasteiger partial charge in [0.1, 0.15) is 17.4 Å². The predicted octanol–water partition coefficient (Wildman–Crippen LogP) is 5.33. The molecule has 3 aliphatic rings. The number of nitrogens with zero attached hydrogens (tertiary/aromatic N) is 3. The number of rotatable bonds is 5. The first-order valence-electron chi connectivity index (χ1n) is 11.9. The number of ether oxygens (including phenoxy) is 1. The summed E-state index contributed by atoms with van der Waals surface area (Å²) in [5.74, 6) is -0.00551. The second-order valence-electron chi connectivity index (χ2n) is 10.3. The van der Waals surface area contributed by atoms with Crippen LogP contribution in [0.4, 0.5) is 8.78 Å². The van der Waals surface area contributed by atoms with Crippen molar-refractivity contribution >= 4 is 5.91 Å². The number of aryl methyl sites for hydroxylation is 2. The molecule has 1 saturated heterocycles. The predicted molar refractivity (Wildman–Crippen MR) is 123 cm³/mol. The largest absolute Gasteiger partial charge is 0.489 e. The molecule has 2 aliphatic carbocycles. The highest BCUT2D eigenvalue weighted by atomic mass is 19.1. The third kappa shape index (κ3) is 3.67. The Morgan fingerprint density at radius 3 is 2.44 bits per heavy atom. The van der Waals surface area contributed by atoms with Crippen LogP contribution in [-0.4, -0.2) is 39.8 Å². The molecule has 0 bridgehead atoms. The van der Waals surface area contributed by atoms with E-state index in [4.69, 9.17) is 9.84 Å². The van der Waals surface area contributed by atoms with Crippen LogP contribution in [0.1, 0.15) is 58.9 Å². The van der Waals surface area contributed by atoms with Gasteiger partial charge in [-0.2, -0.15) is 5.10 Å². The van der Waals surface area contributed by atoms with Gasteiger partial charge >= 0.3 is 0 Å². The van der Waals surface area contributed by atoms with Crippen molar-refractivity contribution in [2.75, 3.05) is 13.1 Å². The van der Waals surface area contributed by atoms with Crippen LogP contribution in [-0.2, 0) is 0 Å². The maximum absolute atomic E-state index is 13.7. The molecule has 1 amide bonds. The Morgan fingerprint density at radius 1 is 1.03 bits per heavy atom. The van der Waals surface area contributed by atoms with Gasteiger partial charge in [0.2, 0.25) is 0 Å². The monoisotopic (exact) mass is 463 g/mol. The lowest BCUT2D eigenvalue weighted by Gasteiger charge is -2.58. The Kier molecular flexibility index (Phi) is 4.80. The molecule has 5 nitrogen and oxygen atoms in total. The van der Waals surface area contributed by atoms with Crippen molar-refractivity contribution in [3.8, 4) is 11.4 Å². The Balaban J connectivity index is 1.11. The van der Waals surface area contributed by atoms with Crippen LogP contribution in [0.25, 0.3) is 5.69 Å². The highest BCUT2D eigenvalue weighted by Crippen LogP contribution is 2.56. The topological polar surface area (TPSA) is 47.4 Å². The van der Waals surface area contributed by atoms with Crippen LogP contribution in [0.2, 0.25) is 0 Å². The molecule has 6 rings (SSSR count). The van der Waals surface area contributed by atoms with Crippen molar-refractivity contribution in [3.63, 3.8) is 0 Å². The van der Waals surface area contributed by atoms with Gasteiger partial charge in [0.15, 0.2) is 0 Å². The smallest absolute Gasteiger partial charge is 0.257 e. The lowest BCUT2D eigenvalue weighted by molar-refractivity contribution is -0.0563. The molecule has 1 spiro atoms. The maximum atomic E-state index is 13.7. The summed E-state index contributed by atoms with van der Waals surface area (Å²) >= 11 is 0. The number of likely N-dealkylation sites (tertiary alicyclic amines) is 1. The van der Waals surface area contributed by atoms with Crippen molar-refractivity contribution in [2.24, 2.45) is 5.41 Å². The van der Waals surface area contributed by atoms with E-state index in [0.29, 0.717) is 30.3 Å². The highest BCUT2D eigenvalue weighted by Gasteiger charge is 2.54. The van der Waals surface area contributed by atoms with Gasteiger partial charge < -0.3 is 9.64 Å². The van der Waals surface area contributed by atoms with Crippen molar-refractivity contribution in [1.29, 1.82) is 0 Å². The molecule has 3 aromatic rings. The fraction of sp³-hybridized carbons (Fsp3) is 0.407. The number of aromatic nitrogens is 2. The zero-order valence-electron chi connectivity index (χ0n) is 19.4. The van der Waals surface area contributed by atoms with E-state index in [2.05, 4.69) is 6.07 Å². The van der Waals surface area contributed by atoms with Gasteiger partial charge in [-0.25, -0.2) is 13.5 Å². The molecule has 1 aromatic heterocycles. The average Bonchev–Trinajstić information content (AvgIpc) is 3.46. The van der Waals surface area contributed by atoms with Gasteiger partial charge in [0, 0.05) is 36.2 Å². The number of carbonyl (C=O) groups excluding carboxylic acids is 1.